The summed E-state index contributed by atoms with van der Waals surface area (Å²) in [5, 5.41) is 0.508. The smallest absolute Gasteiger partial charge is 0.261 e. The van der Waals surface area contributed by atoms with Crippen LogP contribution in [0.3, 0.4) is 0 Å². The quantitative estimate of drug-likeness (QED) is 0.303. The topological polar surface area (TPSA) is 35.6 Å². The van der Waals surface area contributed by atoms with Crippen LogP contribution < -0.4 is 10.3 Å². The van der Waals surface area contributed by atoms with E-state index in [1.165, 1.54) is 42.7 Å². The van der Waals surface area contributed by atoms with Crippen molar-refractivity contribution in [2.45, 2.75) is 6.54 Å². The van der Waals surface area contributed by atoms with Crippen molar-refractivity contribution in [2.24, 2.45) is 0 Å². The number of thiazole rings is 1. The summed E-state index contributed by atoms with van der Waals surface area (Å²) in [5.74, 6) is -0.720. The number of hydrogen-bond donors (Lipinski definition) is 0. The standard InChI is InChI=1S/C24H16F2N2O2S2/c1-30-20-11-6-14(12-18(20)26)13-27-22-21(15-7-9-16(25)10-8-15)32-24(31)28(22)19-5-3-2-4-17(19)23(27)29/h2-12H,13H2,1H3. The van der Waals surface area contributed by atoms with E-state index < -0.39 is 5.82 Å². The molecule has 32 heavy (non-hydrogen) atoms. The summed E-state index contributed by atoms with van der Waals surface area (Å²) in [6.07, 6.45) is 0. The second-order valence-electron chi connectivity index (χ2n) is 7.24. The third-order valence-corrected chi connectivity index (χ3v) is 6.74. The van der Waals surface area contributed by atoms with Crippen molar-refractivity contribution in [3.63, 3.8) is 0 Å². The number of halogens is 2. The molecule has 0 N–H and O–H groups in total. The molecule has 0 bridgehead atoms. The molecule has 2 aromatic heterocycles. The molecule has 5 aromatic rings. The second kappa shape index (κ2) is 7.96. The summed E-state index contributed by atoms with van der Waals surface area (Å²) < 4.78 is 36.9. The van der Waals surface area contributed by atoms with Crippen molar-refractivity contribution >= 4 is 40.1 Å². The number of methoxy groups -OCH3 is 1. The van der Waals surface area contributed by atoms with Gasteiger partial charge in [-0.1, -0.05) is 30.3 Å². The number of rotatable bonds is 4. The lowest BCUT2D eigenvalue weighted by Gasteiger charge is -2.14. The molecular formula is C24H16F2N2O2S2. The normalized spacial score (nSPS) is 11.3. The minimum absolute atomic E-state index is 0.133. The Morgan fingerprint density at radius 2 is 1.78 bits per heavy atom. The highest BCUT2D eigenvalue weighted by Crippen LogP contribution is 2.33. The molecular weight excluding hydrogens is 450 g/mol. The number of aromatic nitrogens is 2. The molecule has 0 unspecified atom stereocenters. The summed E-state index contributed by atoms with van der Waals surface area (Å²) in [6, 6.07) is 17.9. The Kier molecular flexibility index (Phi) is 5.11. The lowest BCUT2D eigenvalue weighted by atomic mass is 10.1. The van der Waals surface area contributed by atoms with E-state index in [0.717, 1.165) is 10.4 Å². The van der Waals surface area contributed by atoms with Crippen molar-refractivity contribution in [2.75, 3.05) is 7.11 Å². The first kappa shape index (κ1) is 20.5. The third kappa shape index (κ3) is 3.32. The molecule has 0 saturated heterocycles. The van der Waals surface area contributed by atoms with Crippen molar-refractivity contribution in [1.29, 1.82) is 0 Å². The number of nitrogens with zero attached hydrogens (tertiary/aromatic N) is 2. The van der Waals surface area contributed by atoms with Gasteiger partial charge in [0.05, 0.1) is 29.4 Å². The molecule has 0 fully saturated rings. The first-order valence-electron chi connectivity index (χ1n) is 9.73. The van der Waals surface area contributed by atoms with Crippen LogP contribution in [0.5, 0.6) is 5.75 Å². The average molecular weight is 467 g/mol. The van der Waals surface area contributed by atoms with Crippen LogP contribution in [-0.2, 0) is 6.54 Å². The number of benzene rings is 3. The summed E-state index contributed by atoms with van der Waals surface area (Å²) in [7, 11) is 1.40. The van der Waals surface area contributed by atoms with E-state index in [2.05, 4.69) is 0 Å². The molecule has 160 valence electrons. The maximum absolute atomic E-state index is 14.3. The molecule has 0 radical (unpaired) electrons. The van der Waals surface area contributed by atoms with E-state index in [1.54, 1.807) is 34.9 Å². The molecule has 0 amide bonds. The summed E-state index contributed by atoms with van der Waals surface area (Å²) in [5.41, 5.74) is 2.41. The monoisotopic (exact) mass is 466 g/mol. The van der Waals surface area contributed by atoms with E-state index in [0.29, 0.717) is 26.1 Å². The number of para-hydroxylation sites is 1. The molecule has 4 nitrogen and oxygen atoms in total. The Bertz CT molecular complexity index is 1600. The first-order valence-corrected chi connectivity index (χ1v) is 11.0. The van der Waals surface area contributed by atoms with Crippen LogP contribution in [0, 0.1) is 15.6 Å². The average Bonchev–Trinajstić information content (AvgIpc) is 3.14. The Hall–Kier alpha value is -3.36. The SMILES string of the molecule is COc1ccc(Cn2c(=O)c3ccccc3n3c(=S)sc(-c4ccc(F)cc4)c23)cc1F. The van der Waals surface area contributed by atoms with Gasteiger partial charge in [-0.25, -0.2) is 8.78 Å². The minimum Gasteiger partial charge on any atom is -0.494 e. The van der Waals surface area contributed by atoms with Crippen LogP contribution in [0.1, 0.15) is 5.56 Å². The van der Waals surface area contributed by atoms with Gasteiger partial charge in [0, 0.05) is 0 Å². The zero-order valence-corrected chi connectivity index (χ0v) is 18.5. The fourth-order valence-electron chi connectivity index (χ4n) is 3.84. The molecule has 0 saturated carbocycles. The van der Waals surface area contributed by atoms with E-state index >= 15 is 0 Å². The van der Waals surface area contributed by atoms with Gasteiger partial charge >= 0.3 is 0 Å². The van der Waals surface area contributed by atoms with E-state index in [4.69, 9.17) is 17.0 Å². The van der Waals surface area contributed by atoms with Gasteiger partial charge in [-0.05, 0) is 59.7 Å². The third-order valence-electron chi connectivity index (χ3n) is 5.33. The van der Waals surface area contributed by atoms with Gasteiger partial charge < -0.3 is 4.74 Å². The highest BCUT2D eigenvalue weighted by atomic mass is 32.1. The Labute approximate surface area is 190 Å². The van der Waals surface area contributed by atoms with Gasteiger partial charge in [-0.15, -0.1) is 11.3 Å². The predicted molar refractivity (Wildman–Crippen MR) is 125 cm³/mol. The predicted octanol–water partition coefficient (Wildman–Crippen LogP) is 6.05. The Balaban J connectivity index is 1.85. The van der Waals surface area contributed by atoms with Crippen LogP contribution in [-0.4, -0.2) is 16.1 Å². The molecule has 3 aromatic carbocycles. The molecule has 0 aliphatic rings. The van der Waals surface area contributed by atoms with Gasteiger partial charge in [0.1, 0.15) is 11.5 Å². The fraction of sp³-hybridized carbons (Fsp3) is 0.0833. The van der Waals surface area contributed by atoms with Gasteiger partial charge in [0.15, 0.2) is 15.5 Å². The Morgan fingerprint density at radius 1 is 1.03 bits per heavy atom. The van der Waals surface area contributed by atoms with Gasteiger partial charge in [0.2, 0.25) is 0 Å². The molecule has 5 rings (SSSR count). The lowest BCUT2D eigenvalue weighted by Crippen LogP contribution is -2.23. The summed E-state index contributed by atoms with van der Waals surface area (Å²) in [4.78, 5) is 14.3. The van der Waals surface area contributed by atoms with E-state index in [9.17, 15) is 13.6 Å². The largest absolute Gasteiger partial charge is 0.494 e. The summed E-state index contributed by atoms with van der Waals surface area (Å²) in [6.45, 7) is 0.133. The molecule has 2 heterocycles. The highest BCUT2D eigenvalue weighted by molar-refractivity contribution is 7.73. The van der Waals surface area contributed by atoms with Crippen LogP contribution in [0.15, 0.2) is 71.5 Å². The van der Waals surface area contributed by atoms with Crippen molar-refractivity contribution in [3.05, 3.63) is 98.2 Å². The second-order valence-corrected chi connectivity index (χ2v) is 8.88. The molecule has 8 heteroatoms. The van der Waals surface area contributed by atoms with Crippen molar-refractivity contribution in [1.82, 2.24) is 8.97 Å². The van der Waals surface area contributed by atoms with Gasteiger partial charge in [-0.2, -0.15) is 0 Å². The van der Waals surface area contributed by atoms with E-state index in [1.807, 2.05) is 16.5 Å². The van der Waals surface area contributed by atoms with Crippen LogP contribution in [0.25, 0.3) is 27.0 Å². The van der Waals surface area contributed by atoms with Crippen LogP contribution in [0.2, 0.25) is 0 Å². The highest BCUT2D eigenvalue weighted by Gasteiger charge is 2.19. The molecule has 0 aliphatic heterocycles. The number of hydrogen-bond acceptors (Lipinski definition) is 4. The van der Waals surface area contributed by atoms with E-state index in [-0.39, 0.29) is 23.7 Å². The van der Waals surface area contributed by atoms with Crippen LogP contribution >= 0.6 is 23.6 Å². The minimum atomic E-state index is -0.504. The first-order chi connectivity index (χ1) is 15.5. The number of ether oxygens (including phenoxy) is 1. The fourth-order valence-corrected chi connectivity index (χ4v) is 5.27. The number of fused-ring (bicyclic) bond motifs is 3. The van der Waals surface area contributed by atoms with Crippen molar-refractivity contribution in [3.8, 4) is 16.2 Å². The molecule has 0 atom stereocenters. The van der Waals surface area contributed by atoms with Crippen molar-refractivity contribution < 1.29 is 13.5 Å². The maximum atomic E-state index is 14.3. The van der Waals surface area contributed by atoms with Gasteiger partial charge in [0.25, 0.3) is 5.56 Å². The lowest BCUT2D eigenvalue weighted by molar-refractivity contribution is 0.386. The van der Waals surface area contributed by atoms with Crippen LogP contribution in [0.4, 0.5) is 8.78 Å². The maximum Gasteiger partial charge on any atom is 0.261 e. The zero-order valence-electron chi connectivity index (χ0n) is 16.8. The molecule has 0 spiro atoms. The van der Waals surface area contributed by atoms with Gasteiger partial charge in [-0.3, -0.25) is 13.8 Å². The Morgan fingerprint density at radius 3 is 2.50 bits per heavy atom. The summed E-state index contributed by atoms with van der Waals surface area (Å²) >= 11 is 7.01. The zero-order chi connectivity index (χ0) is 22.4. The molecule has 0 aliphatic carbocycles.